The molecule has 1 aliphatic carbocycles. The zero-order valence-corrected chi connectivity index (χ0v) is 40.9. The summed E-state index contributed by atoms with van der Waals surface area (Å²) in [5.74, 6) is 0. The summed E-state index contributed by atoms with van der Waals surface area (Å²) in [5, 5.41) is 5.72. The van der Waals surface area contributed by atoms with Gasteiger partial charge in [-0.25, -0.2) is 0 Å². The molecule has 1 heterocycles. The minimum atomic E-state index is -2.65. The first-order chi connectivity index (χ1) is 35.0. The fraction of sp³-hybridized carbons (Fsp3) is 0.0435. The number of rotatable bonds is 9. The van der Waals surface area contributed by atoms with Crippen LogP contribution >= 0.6 is 0 Å². The van der Waals surface area contributed by atoms with E-state index in [9.17, 15) is 0 Å². The number of hydrogen-bond donors (Lipinski definition) is 0. The van der Waals surface area contributed by atoms with Crippen LogP contribution in [0.1, 0.15) is 33.4 Å². The Morgan fingerprint density at radius 2 is 0.789 bits per heavy atom. The molecule has 0 aromatic heterocycles. The van der Waals surface area contributed by atoms with Crippen LogP contribution in [0.2, 0.25) is 0 Å². The third-order valence-electron chi connectivity index (χ3n) is 15.5. The molecule has 0 N–H and O–H groups in total. The summed E-state index contributed by atoms with van der Waals surface area (Å²) >= 11 is 0. The average molecular weight is 922 g/mol. The fourth-order valence-corrected chi connectivity index (χ4v) is 17.7. The molecule has 0 saturated heterocycles. The van der Waals surface area contributed by atoms with Crippen LogP contribution in [0.15, 0.2) is 273 Å². The molecule has 0 saturated carbocycles. The molecule has 0 fully saturated rings. The molecule has 2 heteroatoms. The molecule has 1 nitrogen and oxygen atoms in total. The lowest BCUT2D eigenvalue weighted by molar-refractivity contribution is 0.768. The van der Waals surface area contributed by atoms with Gasteiger partial charge < -0.3 is 4.90 Å². The van der Waals surface area contributed by atoms with Crippen molar-refractivity contribution >= 4 is 45.9 Å². The minimum absolute atomic E-state index is 0.517. The van der Waals surface area contributed by atoms with E-state index in [1.807, 2.05) is 0 Å². The zero-order valence-electron chi connectivity index (χ0n) is 39.9. The maximum Gasteiger partial charge on any atom is 0.180 e. The maximum absolute atomic E-state index is 2.65. The van der Waals surface area contributed by atoms with Crippen molar-refractivity contribution in [2.75, 3.05) is 4.90 Å². The predicted molar refractivity (Wildman–Crippen MR) is 301 cm³/mol. The van der Waals surface area contributed by atoms with Gasteiger partial charge in [-0.1, -0.05) is 237 Å². The highest BCUT2D eigenvalue weighted by Crippen LogP contribution is 2.56. The van der Waals surface area contributed by atoms with Crippen molar-refractivity contribution in [1.82, 2.24) is 0 Å². The SMILES string of the molecule is Cc1ccccc1-c1ccc(N(c2ccc(-c3cccc([Si]4(c5ccccc5)c5ccccc5-c5ccccc54)c3)cc2)c2cccc(C3(c4ccccc4)c4ccccc4-c4ccccc43)c2)cc1C. The van der Waals surface area contributed by atoms with E-state index in [2.05, 4.69) is 292 Å². The van der Waals surface area contributed by atoms with Crippen LogP contribution in [-0.4, -0.2) is 8.07 Å². The molecule has 0 amide bonds. The van der Waals surface area contributed by atoms with Gasteiger partial charge in [0, 0.05) is 17.1 Å². The summed E-state index contributed by atoms with van der Waals surface area (Å²) in [5.41, 5.74) is 20.6. The van der Waals surface area contributed by atoms with E-state index in [0.717, 1.165) is 17.1 Å². The van der Waals surface area contributed by atoms with Gasteiger partial charge in [0.2, 0.25) is 0 Å². The van der Waals surface area contributed by atoms with Crippen LogP contribution in [-0.2, 0) is 5.41 Å². The molecule has 1 aliphatic heterocycles. The van der Waals surface area contributed by atoms with Crippen LogP contribution in [0.5, 0.6) is 0 Å². The number of hydrogen-bond acceptors (Lipinski definition) is 1. The van der Waals surface area contributed by atoms with Crippen LogP contribution in [0.3, 0.4) is 0 Å². The lowest BCUT2D eigenvalue weighted by Crippen LogP contribution is -2.72. The van der Waals surface area contributed by atoms with E-state index in [1.54, 1.807) is 0 Å². The summed E-state index contributed by atoms with van der Waals surface area (Å²) in [4.78, 5) is 2.45. The third-order valence-corrected chi connectivity index (χ3v) is 20.4. The van der Waals surface area contributed by atoms with Crippen molar-refractivity contribution < 1.29 is 0 Å². The Balaban J connectivity index is 0.968. The quantitative estimate of drug-likeness (QED) is 0.130. The molecular formula is C69H51NSi. The van der Waals surface area contributed by atoms with Crippen molar-refractivity contribution in [3.63, 3.8) is 0 Å². The fourth-order valence-electron chi connectivity index (χ4n) is 12.4. The van der Waals surface area contributed by atoms with Gasteiger partial charge in [-0.05, 0) is 149 Å². The van der Waals surface area contributed by atoms with Gasteiger partial charge in [0.05, 0.1) is 5.41 Å². The van der Waals surface area contributed by atoms with Gasteiger partial charge in [-0.15, -0.1) is 0 Å². The first kappa shape index (κ1) is 42.5. The van der Waals surface area contributed by atoms with Gasteiger partial charge in [0.15, 0.2) is 8.07 Å². The predicted octanol–water partition coefficient (Wildman–Crippen LogP) is 14.8. The second-order valence-corrected chi connectivity index (χ2v) is 23.0. The van der Waals surface area contributed by atoms with Gasteiger partial charge >= 0.3 is 0 Å². The van der Waals surface area contributed by atoms with Crippen molar-refractivity contribution in [1.29, 1.82) is 0 Å². The minimum Gasteiger partial charge on any atom is -0.310 e. The molecule has 0 bridgehead atoms. The molecule has 13 rings (SSSR count). The molecule has 0 spiro atoms. The maximum atomic E-state index is 2.49. The molecule has 71 heavy (non-hydrogen) atoms. The van der Waals surface area contributed by atoms with E-state index >= 15 is 0 Å². The molecule has 0 atom stereocenters. The second-order valence-electron chi connectivity index (χ2n) is 19.2. The van der Waals surface area contributed by atoms with Crippen molar-refractivity contribution in [3.05, 3.63) is 306 Å². The largest absolute Gasteiger partial charge is 0.310 e. The van der Waals surface area contributed by atoms with Gasteiger partial charge in [0.1, 0.15) is 0 Å². The van der Waals surface area contributed by atoms with E-state index < -0.39 is 13.5 Å². The zero-order chi connectivity index (χ0) is 47.5. The third kappa shape index (κ3) is 6.59. The number of anilines is 3. The summed E-state index contributed by atoms with van der Waals surface area (Å²) in [6.07, 6.45) is 0. The Kier molecular flexibility index (Phi) is 10.3. The highest BCUT2D eigenvalue weighted by molar-refractivity contribution is 7.22. The van der Waals surface area contributed by atoms with Gasteiger partial charge in [0.25, 0.3) is 0 Å². The Hall–Kier alpha value is -8.56. The smallest absolute Gasteiger partial charge is 0.180 e. The standard InChI is InChI=1S/C69H51NSi/c1-48-21-9-10-30-59(48)60-44-43-56(45-49(60)2)70(55-26-20-25-53(47-55)69(52-23-5-3-6-24-52)65-35-15-11-31-61(65)62-32-12-16-36-66(62)69)54-41-39-50(40-42-54)51-22-19-29-58(46-51)71(57-27-7-4-8-28-57)67-37-17-13-33-63(67)64-34-14-18-38-68(64)71/h3-47H,1-2H3. The second kappa shape index (κ2) is 17.1. The molecule has 2 aliphatic rings. The van der Waals surface area contributed by atoms with Crippen molar-refractivity contribution in [2.45, 2.75) is 19.3 Å². The monoisotopic (exact) mass is 921 g/mol. The van der Waals surface area contributed by atoms with E-state index in [-0.39, 0.29) is 0 Å². The summed E-state index contributed by atoms with van der Waals surface area (Å²) in [7, 11) is -2.65. The summed E-state index contributed by atoms with van der Waals surface area (Å²) in [6, 6.07) is 102. The lowest BCUT2D eigenvalue weighted by Gasteiger charge is -2.35. The number of benzene rings is 11. The Morgan fingerprint density at radius 1 is 0.296 bits per heavy atom. The molecule has 0 radical (unpaired) electrons. The Bertz CT molecular complexity index is 3710. The normalized spacial score (nSPS) is 13.4. The number of aryl methyl sites for hydroxylation is 2. The number of fused-ring (bicyclic) bond motifs is 6. The summed E-state index contributed by atoms with van der Waals surface area (Å²) < 4.78 is 0. The van der Waals surface area contributed by atoms with Crippen molar-refractivity contribution in [2.24, 2.45) is 0 Å². The van der Waals surface area contributed by atoms with E-state index in [1.165, 1.54) is 98.6 Å². The highest BCUT2D eigenvalue weighted by atomic mass is 28.3. The van der Waals surface area contributed by atoms with Crippen LogP contribution in [0.25, 0.3) is 44.5 Å². The molecule has 0 unspecified atom stereocenters. The molecule has 336 valence electrons. The van der Waals surface area contributed by atoms with Crippen LogP contribution in [0.4, 0.5) is 17.1 Å². The Morgan fingerprint density at radius 3 is 1.44 bits per heavy atom. The molecular weight excluding hydrogens is 871 g/mol. The summed E-state index contributed by atoms with van der Waals surface area (Å²) in [6.45, 7) is 4.45. The number of nitrogens with zero attached hydrogens (tertiary/aromatic N) is 1. The first-order valence-corrected chi connectivity index (χ1v) is 26.8. The van der Waals surface area contributed by atoms with E-state index in [4.69, 9.17) is 0 Å². The molecule has 11 aromatic rings. The van der Waals surface area contributed by atoms with Crippen molar-refractivity contribution in [3.8, 4) is 44.5 Å². The van der Waals surface area contributed by atoms with Crippen LogP contribution in [0, 0.1) is 13.8 Å². The molecule has 11 aromatic carbocycles. The highest BCUT2D eigenvalue weighted by Gasteiger charge is 2.49. The van der Waals surface area contributed by atoms with Gasteiger partial charge in [-0.2, -0.15) is 0 Å². The first-order valence-electron chi connectivity index (χ1n) is 24.8. The Labute approximate surface area is 418 Å². The topological polar surface area (TPSA) is 3.24 Å². The average Bonchev–Trinajstić information content (AvgIpc) is 3.92. The van der Waals surface area contributed by atoms with Crippen LogP contribution < -0.4 is 25.6 Å². The van der Waals surface area contributed by atoms with E-state index in [0.29, 0.717) is 0 Å². The van der Waals surface area contributed by atoms with Gasteiger partial charge in [-0.3, -0.25) is 0 Å². The lowest BCUT2D eigenvalue weighted by atomic mass is 9.67.